The number of nitrogens with one attached hydrogen (secondary N) is 1. The lowest BCUT2D eigenvalue weighted by Gasteiger charge is -2.47. The van der Waals surface area contributed by atoms with Gasteiger partial charge < -0.3 is 10.2 Å². The topological polar surface area (TPSA) is 48.5 Å². The molecule has 0 unspecified atom stereocenters. The molecule has 0 radical (unpaired) electrons. The van der Waals surface area contributed by atoms with Crippen molar-refractivity contribution in [3.8, 4) is 0 Å². The maximum atomic E-state index is 11.6. The molecule has 0 atom stereocenters. The Labute approximate surface area is 158 Å². The van der Waals surface area contributed by atoms with E-state index in [0.29, 0.717) is 11.1 Å². The molecule has 0 spiro atoms. The second-order valence-electron chi connectivity index (χ2n) is 8.64. The number of rotatable bonds is 6. The van der Waals surface area contributed by atoms with Gasteiger partial charge in [0.05, 0.1) is 11.9 Å². The van der Waals surface area contributed by atoms with Crippen molar-refractivity contribution in [2.24, 2.45) is 17.3 Å². The first kappa shape index (κ1) is 19.2. The van der Waals surface area contributed by atoms with Gasteiger partial charge in [0.25, 0.3) is 5.91 Å². The highest BCUT2D eigenvalue weighted by molar-refractivity contribution is 5.92. The molecule has 1 aromatic rings. The first-order valence-corrected chi connectivity index (χ1v) is 10.1. The molecular formula is C21H34N4O. The second kappa shape index (κ2) is 7.95. The van der Waals surface area contributed by atoms with Gasteiger partial charge in [0.2, 0.25) is 0 Å². The Kier molecular flexibility index (Phi) is 5.86. The quantitative estimate of drug-likeness (QED) is 0.849. The Morgan fingerprint density at radius 3 is 2.46 bits per heavy atom. The number of carbonyl (C=O) groups is 1. The molecule has 2 fully saturated rings. The van der Waals surface area contributed by atoms with E-state index in [4.69, 9.17) is 0 Å². The first-order chi connectivity index (χ1) is 12.4. The number of hydrogen-bond acceptors (Lipinski definition) is 4. The van der Waals surface area contributed by atoms with E-state index in [1.54, 1.807) is 7.05 Å². The minimum atomic E-state index is -0.133. The summed E-state index contributed by atoms with van der Waals surface area (Å²) in [6, 6.07) is 3.82. The lowest BCUT2D eigenvalue weighted by atomic mass is 9.61. The predicted molar refractivity (Wildman–Crippen MR) is 107 cm³/mol. The molecule has 5 nitrogen and oxygen atoms in total. The van der Waals surface area contributed by atoms with Crippen molar-refractivity contribution >= 4 is 11.6 Å². The van der Waals surface area contributed by atoms with Crippen LogP contribution < -0.4 is 10.2 Å². The van der Waals surface area contributed by atoms with Crippen molar-refractivity contribution in [3.63, 3.8) is 0 Å². The Hall–Kier alpha value is -1.62. The SMILES string of the molecule is CCC(C)(C)C1CC(CN2CCN(c3ccc(C(=O)NC)nc3)CC2)C1. The van der Waals surface area contributed by atoms with E-state index >= 15 is 0 Å². The number of nitrogens with zero attached hydrogens (tertiary/aromatic N) is 3. The van der Waals surface area contributed by atoms with Crippen LogP contribution in [0.4, 0.5) is 5.69 Å². The number of hydrogen-bond donors (Lipinski definition) is 1. The lowest BCUT2D eigenvalue weighted by molar-refractivity contribution is 0.0361. The zero-order valence-electron chi connectivity index (χ0n) is 16.8. The van der Waals surface area contributed by atoms with Crippen LogP contribution in [0.25, 0.3) is 0 Å². The van der Waals surface area contributed by atoms with E-state index in [2.05, 4.69) is 40.9 Å². The van der Waals surface area contributed by atoms with Crippen LogP contribution >= 0.6 is 0 Å². The average molecular weight is 359 g/mol. The molecule has 26 heavy (non-hydrogen) atoms. The van der Waals surface area contributed by atoms with E-state index in [0.717, 1.165) is 43.7 Å². The fourth-order valence-electron chi connectivity index (χ4n) is 4.20. The highest BCUT2D eigenvalue weighted by Gasteiger charge is 2.39. The van der Waals surface area contributed by atoms with Crippen LogP contribution in [0.1, 0.15) is 50.5 Å². The maximum absolute atomic E-state index is 11.6. The van der Waals surface area contributed by atoms with Gasteiger partial charge in [0.15, 0.2) is 0 Å². The largest absolute Gasteiger partial charge is 0.368 e. The van der Waals surface area contributed by atoms with Gasteiger partial charge in [-0.15, -0.1) is 0 Å². The minimum absolute atomic E-state index is 0.133. The van der Waals surface area contributed by atoms with Crippen molar-refractivity contribution in [1.82, 2.24) is 15.2 Å². The van der Waals surface area contributed by atoms with Crippen molar-refractivity contribution in [3.05, 3.63) is 24.0 Å². The first-order valence-electron chi connectivity index (χ1n) is 10.1. The molecular weight excluding hydrogens is 324 g/mol. The Balaban J connectivity index is 1.43. The smallest absolute Gasteiger partial charge is 0.269 e. The van der Waals surface area contributed by atoms with E-state index in [-0.39, 0.29) is 5.91 Å². The molecule has 1 amide bonds. The number of piperazine rings is 1. The van der Waals surface area contributed by atoms with E-state index in [1.165, 1.54) is 25.8 Å². The number of pyridine rings is 1. The summed E-state index contributed by atoms with van der Waals surface area (Å²) in [5, 5.41) is 2.61. The summed E-state index contributed by atoms with van der Waals surface area (Å²) >= 11 is 0. The fraction of sp³-hybridized carbons (Fsp3) is 0.714. The average Bonchev–Trinajstić information content (AvgIpc) is 2.64. The number of aromatic nitrogens is 1. The molecule has 2 aliphatic rings. The monoisotopic (exact) mass is 358 g/mol. The van der Waals surface area contributed by atoms with Crippen molar-refractivity contribution in [1.29, 1.82) is 0 Å². The number of carbonyl (C=O) groups excluding carboxylic acids is 1. The molecule has 1 saturated carbocycles. The summed E-state index contributed by atoms with van der Waals surface area (Å²) in [6.45, 7) is 12.8. The standard InChI is InChI=1S/C21H34N4O/c1-5-21(2,3)17-12-16(13-17)15-24-8-10-25(11-9-24)18-6-7-19(23-14-18)20(26)22-4/h6-7,14,16-17H,5,8-13,15H2,1-4H3,(H,22,26). The second-order valence-corrected chi connectivity index (χ2v) is 8.64. The van der Waals surface area contributed by atoms with Crippen LogP contribution in [0.3, 0.4) is 0 Å². The Morgan fingerprint density at radius 1 is 1.23 bits per heavy atom. The van der Waals surface area contributed by atoms with Crippen LogP contribution in [0.5, 0.6) is 0 Å². The van der Waals surface area contributed by atoms with Gasteiger partial charge in [-0.25, -0.2) is 4.98 Å². The third-order valence-corrected chi connectivity index (χ3v) is 6.71. The van der Waals surface area contributed by atoms with Gasteiger partial charge in [0.1, 0.15) is 5.69 Å². The van der Waals surface area contributed by atoms with Gasteiger partial charge in [-0.2, -0.15) is 0 Å². The third kappa shape index (κ3) is 4.20. The molecule has 0 aromatic carbocycles. The predicted octanol–water partition coefficient (Wildman–Crippen LogP) is 3.03. The molecule has 1 aliphatic carbocycles. The summed E-state index contributed by atoms with van der Waals surface area (Å²) < 4.78 is 0. The summed E-state index contributed by atoms with van der Waals surface area (Å²) in [7, 11) is 1.63. The normalized spacial score (nSPS) is 24.2. The molecule has 5 heteroatoms. The van der Waals surface area contributed by atoms with Crippen LogP contribution in [0.2, 0.25) is 0 Å². The highest BCUT2D eigenvalue weighted by atomic mass is 16.1. The molecule has 2 heterocycles. The van der Waals surface area contributed by atoms with Gasteiger partial charge in [-0.3, -0.25) is 9.69 Å². The lowest BCUT2D eigenvalue weighted by Crippen LogP contribution is -2.50. The number of amides is 1. The molecule has 144 valence electrons. The van der Waals surface area contributed by atoms with Crippen LogP contribution in [0.15, 0.2) is 18.3 Å². The summed E-state index contributed by atoms with van der Waals surface area (Å²) in [5.74, 6) is 1.68. The van der Waals surface area contributed by atoms with Gasteiger partial charge in [-0.1, -0.05) is 27.2 Å². The zero-order valence-corrected chi connectivity index (χ0v) is 16.8. The molecule has 1 N–H and O–H groups in total. The fourth-order valence-corrected chi connectivity index (χ4v) is 4.20. The zero-order chi connectivity index (χ0) is 18.7. The molecule has 0 bridgehead atoms. The van der Waals surface area contributed by atoms with E-state index in [1.807, 2.05) is 18.3 Å². The third-order valence-electron chi connectivity index (χ3n) is 6.71. The highest BCUT2D eigenvalue weighted by Crippen LogP contribution is 2.47. The van der Waals surface area contributed by atoms with Crippen molar-refractivity contribution < 1.29 is 4.79 Å². The maximum Gasteiger partial charge on any atom is 0.269 e. The minimum Gasteiger partial charge on any atom is -0.368 e. The molecule has 3 rings (SSSR count). The molecule has 1 saturated heterocycles. The number of anilines is 1. The van der Waals surface area contributed by atoms with Gasteiger partial charge >= 0.3 is 0 Å². The Morgan fingerprint density at radius 2 is 1.92 bits per heavy atom. The summed E-state index contributed by atoms with van der Waals surface area (Å²) in [5.41, 5.74) is 2.11. The van der Waals surface area contributed by atoms with Crippen LogP contribution in [0, 0.1) is 17.3 Å². The Bertz CT molecular complexity index is 599. The van der Waals surface area contributed by atoms with Crippen LogP contribution in [-0.2, 0) is 0 Å². The molecule has 1 aromatic heterocycles. The van der Waals surface area contributed by atoms with E-state index < -0.39 is 0 Å². The van der Waals surface area contributed by atoms with Crippen molar-refractivity contribution in [2.75, 3.05) is 44.7 Å². The van der Waals surface area contributed by atoms with Gasteiger partial charge in [0, 0.05) is 39.8 Å². The molecule has 1 aliphatic heterocycles. The summed E-state index contributed by atoms with van der Waals surface area (Å²) in [6.07, 6.45) is 5.93. The van der Waals surface area contributed by atoms with Gasteiger partial charge in [-0.05, 0) is 42.2 Å². The van der Waals surface area contributed by atoms with Crippen molar-refractivity contribution in [2.45, 2.75) is 40.0 Å². The van der Waals surface area contributed by atoms with Crippen LogP contribution in [-0.4, -0.2) is 55.6 Å². The van der Waals surface area contributed by atoms with E-state index in [9.17, 15) is 4.79 Å². The summed E-state index contributed by atoms with van der Waals surface area (Å²) in [4.78, 5) is 20.9.